The molecule has 2 aromatic rings. The summed E-state index contributed by atoms with van der Waals surface area (Å²) in [5, 5.41) is 2.68. The molecule has 5 nitrogen and oxygen atoms in total. The first-order valence-corrected chi connectivity index (χ1v) is 6.89. The van der Waals surface area contributed by atoms with Crippen molar-refractivity contribution in [2.75, 3.05) is 12.4 Å². The van der Waals surface area contributed by atoms with E-state index in [4.69, 9.17) is 27.9 Å². The highest BCUT2D eigenvalue weighted by atomic mass is 79.9. The molecular formula is C12H8BrCl2N3O2. The molecule has 1 aromatic heterocycles. The van der Waals surface area contributed by atoms with Gasteiger partial charge in [0.25, 0.3) is 5.91 Å². The molecule has 0 spiro atoms. The van der Waals surface area contributed by atoms with Crippen LogP contribution >= 0.6 is 39.1 Å². The first-order chi connectivity index (χ1) is 9.49. The Kier molecular flexibility index (Phi) is 4.80. The first kappa shape index (κ1) is 15.0. The van der Waals surface area contributed by atoms with Crippen LogP contribution in [0.15, 0.2) is 28.7 Å². The Morgan fingerprint density at radius 1 is 1.30 bits per heavy atom. The number of nitrogens with one attached hydrogen (secondary N) is 1. The Hall–Kier alpha value is -1.37. The lowest BCUT2D eigenvalue weighted by Crippen LogP contribution is -2.14. The van der Waals surface area contributed by atoms with E-state index < -0.39 is 0 Å². The van der Waals surface area contributed by atoms with Gasteiger partial charge in [0.1, 0.15) is 16.7 Å². The number of rotatable bonds is 3. The van der Waals surface area contributed by atoms with E-state index in [1.807, 2.05) is 0 Å². The Bertz CT molecular complexity index is 647. The van der Waals surface area contributed by atoms with Crippen molar-refractivity contribution < 1.29 is 9.53 Å². The van der Waals surface area contributed by atoms with Gasteiger partial charge in [-0.05, 0) is 29.8 Å². The van der Waals surface area contributed by atoms with E-state index >= 15 is 0 Å². The second-order valence-electron chi connectivity index (χ2n) is 3.64. The van der Waals surface area contributed by atoms with Crippen molar-refractivity contribution >= 4 is 50.9 Å². The van der Waals surface area contributed by atoms with Crippen molar-refractivity contribution in [1.82, 2.24) is 9.97 Å². The molecule has 0 aliphatic carbocycles. The van der Waals surface area contributed by atoms with Crippen LogP contribution in [0.1, 0.15) is 10.4 Å². The Labute approximate surface area is 133 Å². The van der Waals surface area contributed by atoms with Crippen LogP contribution in [0.2, 0.25) is 10.4 Å². The van der Waals surface area contributed by atoms with Gasteiger partial charge >= 0.3 is 0 Å². The summed E-state index contributed by atoms with van der Waals surface area (Å²) in [6.45, 7) is 0. The topological polar surface area (TPSA) is 64.1 Å². The molecule has 0 aliphatic rings. The van der Waals surface area contributed by atoms with Gasteiger partial charge in [-0.15, -0.1) is 0 Å². The summed E-state index contributed by atoms with van der Waals surface area (Å²) in [6, 6.07) is 6.45. The third-order valence-corrected chi connectivity index (χ3v) is 3.17. The summed E-state index contributed by atoms with van der Waals surface area (Å²) in [7, 11) is 1.48. The molecule has 0 unspecified atom stereocenters. The second-order valence-corrected chi connectivity index (χ2v) is 5.28. The molecule has 104 valence electrons. The fraction of sp³-hybridized carbons (Fsp3) is 0.0833. The average molecular weight is 377 g/mol. The Balaban J connectivity index is 2.28. The predicted octanol–water partition coefficient (Wildman–Crippen LogP) is 3.81. The molecular weight excluding hydrogens is 369 g/mol. The molecule has 0 radical (unpaired) electrons. The number of ether oxygens (including phenoxy) is 1. The molecule has 0 aliphatic heterocycles. The largest absolute Gasteiger partial charge is 0.496 e. The van der Waals surface area contributed by atoms with Gasteiger partial charge in [-0.3, -0.25) is 4.79 Å². The lowest BCUT2D eigenvalue weighted by atomic mass is 10.2. The zero-order valence-electron chi connectivity index (χ0n) is 10.2. The lowest BCUT2D eigenvalue weighted by molar-refractivity contribution is 0.102. The van der Waals surface area contributed by atoms with Gasteiger partial charge in [-0.25, -0.2) is 9.97 Å². The fourth-order valence-electron chi connectivity index (χ4n) is 1.49. The van der Waals surface area contributed by atoms with E-state index in [0.29, 0.717) is 11.3 Å². The minimum absolute atomic E-state index is 0.0458. The molecule has 1 aromatic carbocycles. The maximum atomic E-state index is 12.2. The van der Waals surface area contributed by atoms with E-state index in [1.165, 1.54) is 13.2 Å². The summed E-state index contributed by atoms with van der Waals surface area (Å²) < 4.78 is 5.96. The van der Waals surface area contributed by atoms with Gasteiger partial charge in [0.05, 0.1) is 12.7 Å². The van der Waals surface area contributed by atoms with E-state index in [1.54, 1.807) is 18.2 Å². The van der Waals surface area contributed by atoms with E-state index in [0.717, 1.165) is 4.47 Å². The van der Waals surface area contributed by atoms with Gasteiger partial charge in [0.2, 0.25) is 5.28 Å². The number of anilines is 1. The highest BCUT2D eigenvalue weighted by molar-refractivity contribution is 9.10. The van der Waals surface area contributed by atoms with Crippen LogP contribution < -0.4 is 10.1 Å². The van der Waals surface area contributed by atoms with Crippen LogP contribution in [0.25, 0.3) is 0 Å². The maximum absolute atomic E-state index is 12.2. The first-order valence-electron chi connectivity index (χ1n) is 5.34. The number of amides is 1. The molecule has 2 rings (SSSR count). The number of hydrogen-bond acceptors (Lipinski definition) is 4. The SMILES string of the molecule is COc1cc(Br)ccc1C(=O)Nc1cc(Cl)nc(Cl)n1. The number of methoxy groups -OCH3 is 1. The van der Waals surface area contributed by atoms with E-state index in [9.17, 15) is 4.79 Å². The molecule has 1 N–H and O–H groups in total. The third kappa shape index (κ3) is 3.59. The zero-order chi connectivity index (χ0) is 14.7. The minimum atomic E-state index is -0.389. The molecule has 0 saturated carbocycles. The number of hydrogen-bond donors (Lipinski definition) is 1. The monoisotopic (exact) mass is 375 g/mol. The van der Waals surface area contributed by atoms with Crippen LogP contribution in [0.5, 0.6) is 5.75 Å². The standard InChI is InChI=1S/C12H8BrCl2N3O2/c1-20-8-4-6(13)2-3-7(8)11(19)17-10-5-9(14)16-12(15)18-10/h2-5H,1H3,(H,16,17,18,19). The van der Waals surface area contributed by atoms with Crippen molar-refractivity contribution in [3.05, 3.63) is 44.7 Å². The van der Waals surface area contributed by atoms with Gasteiger partial charge in [0.15, 0.2) is 0 Å². The van der Waals surface area contributed by atoms with Crippen LogP contribution in [0.3, 0.4) is 0 Å². The average Bonchev–Trinajstić information content (AvgIpc) is 2.37. The lowest BCUT2D eigenvalue weighted by Gasteiger charge is -2.09. The summed E-state index contributed by atoms with van der Waals surface area (Å²) in [5.41, 5.74) is 0.363. The van der Waals surface area contributed by atoms with E-state index in [-0.39, 0.29) is 22.2 Å². The Morgan fingerprint density at radius 2 is 2.05 bits per heavy atom. The van der Waals surface area contributed by atoms with Gasteiger partial charge in [-0.2, -0.15) is 0 Å². The van der Waals surface area contributed by atoms with Crippen molar-refractivity contribution in [2.24, 2.45) is 0 Å². The van der Waals surface area contributed by atoms with Crippen molar-refractivity contribution in [1.29, 1.82) is 0 Å². The summed E-state index contributed by atoms with van der Waals surface area (Å²) >= 11 is 14.7. The zero-order valence-corrected chi connectivity index (χ0v) is 13.3. The minimum Gasteiger partial charge on any atom is -0.496 e. The highest BCUT2D eigenvalue weighted by Crippen LogP contribution is 2.24. The molecule has 20 heavy (non-hydrogen) atoms. The quantitative estimate of drug-likeness (QED) is 0.653. The van der Waals surface area contributed by atoms with Crippen LogP contribution in [0.4, 0.5) is 5.82 Å². The molecule has 1 heterocycles. The molecule has 0 saturated heterocycles. The van der Waals surface area contributed by atoms with Crippen LogP contribution in [0, 0.1) is 0 Å². The highest BCUT2D eigenvalue weighted by Gasteiger charge is 2.14. The van der Waals surface area contributed by atoms with Crippen LogP contribution in [-0.2, 0) is 0 Å². The molecule has 1 amide bonds. The fourth-order valence-corrected chi connectivity index (χ4v) is 2.24. The summed E-state index contributed by atoms with van der Waals surface area (Å²) in [6.07, 6.45) is 0. The van der Waals surface area contributed by atoms with Gasteiger partial charge in [-0.1, -0.05) is 27.5 Å². The third-order valence-electron chi connectivity index (χ3n) is 2.32. The van der Waals surface area contributed by atoms with Crippen LogP contribution in [-0.4, -0.2) is 23.0 Å². The Morgan fingerprint density at radius 3 is 2.70 bits per heavy atom. The molecule has 8 heteroatoms. The van der Waals surface area contributed by atoms with Gasteiger partial charge < -0.3 is 10.1 Å². The summed E-state index contributed by atoms with van der Waals surface area (Å²) in [4.78, 5) is 19.7. The number of carbonyl (C=O) groups is 1. The second kappa shape index (κ2) is 6.39. The number of aromatic nitrogens is 2. The molecule has 0 fully saturated rings. The number of halogens is 3. The normalized spacial score (nSPS) is 10.2. The van der Waals surface area contributed by atoms with Crippen molar-refractivity contribution in [3.63, 3.8) is 0 Å². The summed E-state index contributed by atoms with van der Waals surface area (Å²) in [5.74, 6) is 0.258. The molecule has 0 bridgehead atoms. The van der Waals surface area contributed by atoms with E-state index in [2.05, 4.69) is 31.2 Å². The number of benzene rings is 1. The van der Waals surface area contributed by atoms with Crippen molar-refractivity contribution in [2.45, 2.75) is 0 Å². The maximum Gasteiger partial charge on any atom is 0.260 e. The smallest absolute Gasteiger partial charge is 0.260 e. The number of carbonyl (C=O) groups excluding carboxylic acids is 1. The van der Waals surface area contributed by atoms with Crippen molar-refractivity contribution in [3.8, 4) is 5.75 Å². The molecule has 0 atom stereocenters. The van der Waals surface area contributed by atoms with Gasteiger partial charge in [0, 0.05) is 10.5 Å². The number of nitrogens with zero attached hydrogens (tertiary/aromatic N) is 2. The predicted molar refractivity (Wildman–Crippen MR) is 80.7 cm³/mol.